The lowest BCUT2D eigenvalue weighted by Crippen LogP contribution is -2.53. The van der Waals surface area contributed by atoms with Gasteiger partial charge in [-0.3, -0.25) is 0 Å². The lowest BCUT2D eigenvalue weighted by molar-refractivity contribution is -0.203. The van der Waals surface area contributed by atoms with Gasteiger partial charge in [-0.15, -0.1) is 0 Å². The molecule has 1 aliphatic carbocycles. The number of benzene rings is 1. The van der Waals surface area contributed by atoms with E-state index in [0.29, 0.717) is 24.3 Å². The number of halogens is 6. The van der Waals surface area contributed by atoms with E-state index in [4.69, 9.17) is 0 Å². The molecule has 1 atom stereocenters. The number of nitrogens with one attached hydrogen (secondary N) is 1. The Labute approximate surface area is 148 Å². The second-order valence-electron chi connectivity index (χ2n) is 7.28. The molecular weight excluding hydrogens is 360 g/mol. The van der Waals surface area contributed by atoms with Crippen molar-refractivity contribution in [2.75, 3.05) is 6.54 Å². The Hall–Kier alpha value is -1.28. The fraction of sp³-hybridized carbons (Fsp3) is 0.667. The van der Waals surface area contributed by atoms with Crippen molar-refractivity contribution in [2.24, 2.45) is 5.92 Å². The highest BCUT2D eigenvalue weighted by Crippen LogP contribution is 2.36. The SMILES string of the molecule is CC1CCC(Cc2cccc(C(F)(F)F)c2)(NCC(O)C(F)(F)F)CC1. The van der Waals surface area contributed by atoms with Gasteiger partial charge in [-0.2, -0.15) is 26.3 Å². The summed E-state index contributed by atoms with van der Waals surface area (Å²) in [6.07, 6.45) is -8.86. The summed E-state index contributed by atoms with van der Waals surface area (Å²) in [6.45, 7) is 1.37. The summed E-state index contributed by atoms with van der Waals surface area (Å²) in [6, 6.07) is 4.88. The van der Waals surface area contributed by atoms with Gasteiger partial charge in [-0.25, -0.2) is 0 Å². The molecule has 1 unspecified atom stereocenters. The predicted molar refractivity (Wildman–Crippen MR) is 85.6 cm³/mol. The van der Waals surface area contributed by atoms with E-state index < -0.39 is 36.1 Å². The summed E-state index contributed by atoms with van der Waals surface area (Å²) < 4.78 is 76.5. The van der Waals surface area contributed by atoms with Crippen LogP contribution in [0.25, 0.3) is 0 Å². The number of rotatable bonds is 5. The Morgan fingerprint density at radius 3 is 2.31 bits per heavy atom. The average Bonchev–Trinajstić information content (AvgIpc) is 2.54. The highest BCUT2D eigenvalue weighted by atomic mass is 19.4. The van der Waals surface area contributed by atoms with Crippen LogP contribution in [0.1, 0.15) is 43.7 Å². The van der Waals surface area contributed by atoms with Crippen LogP contribution in [0.2, 0.25) is 0 Å². The molecule has 1 saturated carbocycles. The van der Waals surface area contributed by atoms with Crippen molar-refractivity contribution in [3.63, 3.8) is 0 Å². The van der Waals surface area contributed by atoms with Crippen molar-refractivity contribution in [3.8, 4) is 0 Å². The number of β-amino-alcohol motifs (C(OH)–C–C–N with tert-alkyl or cyclic N) is 1. The number of alkyl halides is 6. The van der Waals surface area contributed by atoms with E-state index in [0.717, 1.165) is 25.0 Å². The van der Waals surface area contributed by atoms with Gasteiger partial charge in [0.1, 0.15) is 0 Å². The van der Waals surface area contributed by atoms with Crippen LogP contribution in [-0.4, -0.2) is 29.5 Å². The van der Waals surface area contributed by atoms with E-state index in [9.17, 15) is 31.4 Å². The molecule has 0 amide bonds. The van der Waals surface area contributed by atoms with Crippen LogP contribution < -0.4 is 5.32 Å². The van der Waals surface area contributed by atoms with Crippen molar-refractivity contribution in [1.82, 2.24) is 5.32 Å². The van der Waals surface area contributed by atoms with Gasteiger partial charge in [-0.1, -0.05) is 25.1 Å². The van der Waals surface area contributed by atoms with Crippen molar-refractivity contribution < 1.29 is 31.4 Å². The second kappa shape index (κ2) is 7.76. The van der Waals surface area contributed by atoms with Crippen LogP contribution in [0.4, 0.5) is 26.3 Å². The second-order valence-corrected chi connectivity index (χ2v) is 7.28. The Morgan fingerprint density at radius 2 is 1.77 bits per heavy atom. The summed E-state index contributed by atoms with van der Waals surface area (Å²) in [4.78, 5) is 0. The minimum absolute atomic E-state index is 0.189. The smallest absolute Gasteiger partial charge is 0.382 e. The van der Waals surface area contributed by atoms with Gasteiger partial charge in [-0.05, 0) is 49.7 Å². The first-order valence-corrected chi connectivity index (χ1v) is 8.57. The quantitative estimate of drug-likeness (QED) is 0.722. The fourth-order valence-electron chi connectivity index (χ4n) is 3.41. The molecule has 0 radical (unpaired) electrons. The molecule has 26 heavy (non-hydrogen) atoms. The highest BCUT2D eigenvalue weighted by molar-refractivity contribution is 5.27. The van der Waals surface area contributed by atoms with Crippen molar-refractivity contribution in [2.45, 2.75) is 63.0 Å². The summed E-state index contributed by atoms with van der Waals surface area (Å²) in [7, 11) is 0. The molecule has 1 aliphatic rings. The summed E-state index contributed by atoms with van der Waals surface area (Å²) in [5.74, 6) is 0.416. The average molecular weight is 383 g/mol. The molecule has 2 rings (SSSR count). The third-order valence-corrected chi connectivity index (χ3v) is 5.08. The van der Waals surface area contributed by atoms with Crippen molar-refractivity contribution in [3.05, 3.63) is 35.4 Å². The van der Waals surface area contributed by atoms with Gasteiger partial charge in [0.2, 0.25) is 0 Å². The zero-order valence-electron chi connectivity index (χ0n) is 14.4. The third kappa shape index (κ3) is 5.61. The molecule has 0 saturated heterocycles. The number of hydrogen-bond donors (Lipinski definition) is 2. The number of hydrogen-bond acceptors (Lipinski definition) is 2. The molecule has 0 aliphatic heterocycles. The lowest BCUT2D eigenvalue weighted by Gasteiger charge is -2.41. The first-order valence-electron chi connectivity index (χ1n) is 8.57. The van der Waals surface area contributed by atoms with E-state index in [1.165, 1.54) is 6.07 Å². The number of aliphatic hydroxyl groups excluding tert-OH is 1. The van der Waals surface area contributed by atoms with E-state index in [-0.39, 0.29) is 6.42 Å². The normalized spacial score (nSPS) is 25.9. The molecule has 1 fully saturated rings. The Morgan fingerprint density at radius 1 is 1.15 bits per heavy atom. The molecule has 0 bridgehead atoms. The van der Waals surface area contributed by atoms with Gasteiger partial charge >= 0.3 is 12.4 Å². The minimum atomic E-state index is -4.73. The van der Waals surface area contributed by atoms with Crippen LogP contribution in [0.5, 0.6) is 0 Å². The van der Waals surface area contributed by atoms with Crippen molar-refractivity contribution in [1.29, 1.82) is 0 Å². The maximum absolute atomic E-state index is 12.9. The first-order chi connectivity index (χ1) is 11.9. The molecular formula is C18H23F6NO. The van der Waals surface area contributed by atoms with E-state index in [2.05, 4.69) is 5.32 Å². The monoisotopic (exact) mass is 383 g/mol. The molecule has 0 aromatic heterocycles. The largest absolute Gasteiger partial charge is 0.416 e. The Balaban J connectivity index is 2.17. The molecule has 2 nitrogen and oxygen atoms in total. The van der Waals surface area contributed by atoms with Gasteiger partial charge < -0.3 is 10.4 Å². The number of aliphatic hydroxyl groups is 1. The van der Waals surface area contributed by atoms with Gasteiger partial charge in [0.05, 0.1) is 5.56 Å². The summed E-state index contributed by atoms with van der Waals surface area (Å²) >= 11 is 0. The molecule has 2 N–H and O–H groups in total. The Bertz CT molecular complexity index is 590. The zero-order chi connectivity index (χ0) is 19.6. The van der Waals surface area contributed by atoms with Crippen LogP contribution in [0, 0.1) is 5.92 Å². The Kier molecular flexibility index (Phi) is 6.28. The lowest BCUT2D eigenvalue weighted by atomic mass is 9.73. The zero-order valence-corrected chi connectivity index (χ0v) is 14.4. The third-order valence-electron chi connectivity index (χ3n) is 5.08. The van der Waals surface area contributed by atoms with Gasteiger partial charge in [0.25, 0.3) is 0 Å². The maximum atomic E-state index is 12.9. The predicted octanol–water partition coefficient (Wildman–Crippen LogP) is 4.71. The molecule has 148 valence electrons. The highest BCUT2D eigenvalue weighted by Gasteiger charge is 2.41. The van der Waals surface area contributed by atoms with E-state index in [1.807, 2.05) is 6.92 Å². The summed E-state index contributed by atoms with van der Waals surface area (Å²) in [5, 5.41) is 12.1. The molecule has 1 aromatic rings. The van der Waals surface area contributed by atoms with Crippen LogP contribution in [0.15, 0.2) is 24.3 Å². The fourth-order valence-corrected chi connectivity index (χ4v) is 3.41. The standard InChI is InChI=1S/C18H23F6NO/c1-12-5-7-16(8-6-12,25-11-15(26)18(22,23)24)10-13-3-2-4-14(9-13)17(19,20)21/h2-4,9,12,15,25-26H,5-8,10-11H2,1H3. The topological polar surface area (TPSA) is 32.3 Å². The summed E-state index contributed by atoms with van der Waals surface area (Å²) in [5.41, 5.74) is -1.10. The van der Waals surface area contributed by atoms with Gasteiger partial charge in [0, 0.05) is 12.1 Å². The van der Waals surface area contributed by atoms with E-state index >= 15 is 0 Å². The van der Waals surface area contributed by atoms with Crippen LogP contribution in [0.3, 0.4) is 0 Å². The van der Waals surface area contributed by atoms with Crippen LogP contribution in [-0.2, 0) is 12.6 Å². The molecule has 0 heterocycles. The first kappa shape index (κ1) is 21.0. The minimum Gasteiger partial charge on any atom is -0.382 e. The molecule has 1 aromatic carbocycles. The van der Waals surface area contributed by atoms with Gasteiger partial charge in [0.15, 0.2) is 6.10 Å². The van der Waals surface area contributed by atoms with Crippen LogP contribution >= 0.6 is 0 Å². The van der Waals surface area contributed by atoms with Crippen molar-refractivity contribution >= 4 is 0 Å². The maximum Gasteiger partial charge on any atom is 0.416 e. The molecule has 8 heteroatoms. The van der Waals surface area contributed by atoms with E-state index in [1.54, 1.807) is 6.07 Å². The molecule has 0 spiro atoms.